The fourth-order valence-corrected chi connectivity index (χ4v) is 4.17. The number of hydrogen-bond donors (Lipinski definition) is 1. The molecule has 1 N–H and O–H groups in total. The number of aromatic nitrogens is 1. The fourth-order valence-electron chi connectivity index (χ4n) is 4.17. The topological polar surface area (TPSA) is 53.4 Å². The number of rotatable bonds is 4. The maximum absolute atomic E-state index is 12.7. The van der Waals surface area contributed by atoms with Crippen LogP contribution in [0.5, 0.6) is 0 Å². The molecule has 0 radical (unpaired) electrons. The Kier molecular flexibility index (Phi) is 5.22. The van der Waals surface area contributed by atoms with Crippen LogP contribution in [0.25, 0.3) is 0 Å². The third kappa shape index (κ3) is 3.43. The van der Waals surface area contributed by atoms with E-state index in [4.69, 9.17) is 0 Å². The van der Waals surface area contributed by atoms with Crippen LogP contribution in [0.2, 0.25) is 0 Å². The summed E-state index contributed by atoms with van der Waals surface area (Å²) in [7, 11) is 0. The molecule has 2 aromatic carbocycles. The van der Waals surface area contributed by atoms with Crippen molar-refractivity contribution in [2.45, 2.75) is 18.4 Å². The standard InChI is InChI=1S/C24H24N2O2/c27-23(22-13-7-8-16-25-22)26-17-14-21(15-18-26)24(28,19-9-3-1-4-10-19)20-11-5-2-6-12-20/h1-13,16,21,28H,14-15,17-18H2. The van der Waals surface area contributed by atoms with E-state index in [1.54, 1.807) is 12.3 Å². The predicted octanol–water partition coefficient (Wildman–Crippen LogP) is 3.87. The van der Waals surface area contributed by atoms with Crippen molar-refractivity contribution in [3.8, 4) is 0 Å². The zero-order valence-corrected chi connectivity index (χ0v) is 15.7. The number of pyridine rings is 1. The Morgan fingerprint density at radius 2 is 1.39 bits per heavy atom. The van der Waals surface area contributed by atoms with Gasteiger partial charge in [-0.1, -0.05) is 66.7 Å². The Morgan fingerprint density at radius 1 is 0.857 bits per heavy atom. The first-order valence-corrected chi connectivity index (χ1v) is 9.73. The Bertz CT molecular complexity index is 866. The number of benzene rings is 2. The van der Waals surface area contributed by atoms with Gasteiger partial charge < -0.3 is 10.0 Å². The second-order valence-electron chi connectivity index (χ2n) is 7.28. The largest absolute Gasteiger partial charge is 0.380 e. The second kappa shape index (κ2) is 7.95. The highest BCUT2D eigenvalue weighted by molar-refractivity contribution is 5.92. The lowest BCUT2D eigenvalue weighted by molar-refractivity contribution is -0.0123. The van der Waals surface area contributed by atoms with Gasteiger partial charge in [0, 0.05) is 19.3 Å². The molecule has 0 bridgehead atoms. The number of carbonyl (C=O) groups excluding carboxylic acids is 1. The quantitative estimate of drug-likeness (QED) is 0.756. The molecule has 0 atom stereocenters. The Balaban J connectivity index is 1.58. The summed E-state index contributed by atoms with van der Waals surface area (Å²) in [6, 6.07) is 25.1. The molecule has 0 unspecified atom stereocenters. The van der Waals surface area contributed by atoms with E-state index in [1.807, 2.05) is 77.7 Å². The third-order valence-corrected chi connectivity index (χ3v) is 5.68. The van der Waals surface area contributed by atoms with Crippen molar-refractivity contribution in [2.75, 3.05) is 13.1 Å². The minimum Gasteiger partial charge on any atom is -0.380 e. The summed E-state index contributed by atoms with van der Waals surface area (Å²) in [4.78, 5) is 18.7. The Labute approximate surface area is 165 Å². The van der Waals surface area contributed by atoms with Crippen LogP contribution >= 0.6 is 0 Å². The molecular formula is C24H24N2O2. The van der Waals surface area contributed by atoms with Crippen molar-refractivity contribution in [3.63, 3.8) is 0 Å². The van der Waals surface area contributed by atoms with Crippen molar-refractivity contribution in [2.24, 2.45) is 5.92 Å². The molecule has 1 amide bonds. The molecule has 1 fully saturated rings. The maximum Gasteiger partial charge on any atom is 0.272 e. The van der Waals surface area contributed by atoms with Crippen LogP contribution in [-0.2, 0) is 5.60 Å². The van der Waals surface area contributed by atoms with Gasteiger partial charge in [0.05, 0.1) is 0 Å². The highest BCUT2D eigenvalue weighted by Crippen LogP contribution is 2.41. The minimum atomic E-state index is -1.07. The number of amides is 1. The van der Waals surface area contributed by atoms with E-state index in [-0.39, 0.29) is 11.8 Å². The van der Waals surface area contributed by atoms with Gasteiger partial charge in [-0.25, -0.2) is 0 Å². The molecule has 1 aliphatic heterocycles. The lowest BCUT2D eigenvalue weighted by atomic mass is 9.72. The zero-order valence-electron chi connectivity index (χ0n) is 15.7. The smallest absolute Gasteiger partial charge is 0.272 e. The highest BCUT2D eigenvalue weighted by Gasteiger charge is 2.42. The van der Waals surface area contributed by atoms with Gasteiger partial charge in [-0.3, -0.25) is 9.78 Å². The number of piperidine rings is 1. The molecule has 1 aromatic heterocycles. The average molecular weight is 372 g/mol. The molecule has 4 heteroatoms. The summed E-state index contributed by atoms with van der Waals surface area (Å²) in [6.07, 6.45) is 3.11. The van der Waals surface area contributed by atoms with Gasteiger partial charge >= 0.3 is 0 Å². The van der Waals surface area contributed by atoms with Crippen molar-refractivity contribution >= 4 is 5.91 Å². The van der Waals surface area contributed by atoms with Crippen molar-refractivity contribution < 1.29 is 9.90 Å². The molecule has 0 aliphatic carbocycles. The van der Waals surface area contributed by atoms with Crippen LogP contribution in [0.1, 0.15) is 34.5 Å². The monoisotopic (exact) mass is 372 g/mol. The second-order valence-corrected chi connectivity index (χ2v) is 7.28. The molecular weight excluding hydrogens is 348 g/mol. The van der Waals surface area contributed by atoms with E-state index >= 15 is 0 Å². The zero-order chi connectivity index (χ0) is 19.4. The Hall–Kier alpha value is -2.98. The van der Waals surface area contributed by atoms with Gasteiger partial charge in [-0.15, -0.1) is 0 Å². The number of hydrogen-bond acceptors (Lipinski definition) is 3. The number of carbonyl (C=O) groups is 1. The van der Waals surface area contributed by atoms with Gasteiger partial charge in [0.25, 0.3) is 5.91 Å². The molecule has 142 valence electrons. The lowest BCUT2D eigenvalue weighted by Crippen LogP contribution is -2.46. The van der Waals surface area contributed by atoms with E-state index in [2.05, 4.69) is 4.98 Å². The number of likely N-dealkylation sites (tertiary alicyclic amines) is 1. The number of aliphatic hydroxyl groups is 1. The first-order chi connectivity index (χ1) is 13.7. The van der Waals surface area contributed by atoms with Gasteiger partial charge in [-0.05, 0) is 42.0 Å². The lowest BCUT2D eigenvalue weighted by Gasteiger charge is -2.42. The van der Waals surface area contributed by atoms with Crippen LogP contribution < -0.4 is 0 Å². The van der Waals surface area contributed by atoms with E-state index in [0.29, 0.717) is 18.8 Å². The van der Waals surface area contributed by atoms with Crippen molar-refractivity contribution in [3.05, 3.63) is 102 Å². The van der Waals surface area contributed by atoms with Gasteiger partial charge in [0.15, 0.2) is 0 Å². The third-order valence-electron chi connectivity index (χ3n) is 5.68. The number of nitrogens with zero attached hydrogens (tertiary/aromatic N) is 2. The van der Waals surface area contributed by atoms with Gasteiger partial charge in [0.1, 0.15) is 11.3 Å². The van der Waals surface area contributed by atoms with Gasteiger partial charge in [-0.2, -0.15) is 0 Å². The predicted molar refractivity (Wildman–Crippen MR) is 109 cm³/mol. The van der Waals surface area contributed by atoms with Crippen molar-refractivity contribution in [1.82, 2.24) is 9.88 Å². The highest BCUT2D eigenvalue weighted by atomic mass is 16.3. The summed E-state index contributed by atoms with van der Waals surface area (Å²) in [5, 5.41) is 11.9. The van der Waals surface area contributed by atoms with E-state index in [1.165, 1.54) is 0 Å². The van der Waals surface area contributed by atoms with Crippen LogP contribution in [0.3, 0.4) is 0 Å². The maximum atomic E-state index is 12.7. The summed E-state index contributed by atoms with van der Waals surface area (Å²) in [5.41, 5.74) is 1.21. The van der Waals surface area contributed by atoms with Crippen LogP contribution in [0.4, 0.5) is 0 Å². The molecule has 4 rings (SSSR count). The average Bonchev–Trinajstić information content (AvgIpc) is 2.80. The first kappa shape index (κ1) is 18.4. The van der Waals surface area contributed by atoms with E-state index < -0.39 is 5.60 Å². The van der Waals surface area contributed by atoms with E-state index in [9.17, 15) is 9.90 Å². The fraction of sp³-hybridized carbons (Fsp3) is 0.250. The molecule has 0 spiro atoms. The van der Waals surface area contributed by atoms with Crippen LogP contribution in [0, 0.1) is 5.92 Å². The normalized spacial score (nSPS) is 15.4. The molecule has 4 nitrogen and oxygen atoms in total. The summed E-state index contributed by atoms with van der Waals surface area (Å²) in [5.74, 6) is -0.00732. The molecule has 3 aromatic rings. The van der Waals surface area contributed by atoms with E-state index in [0.717, 1.165) is 24.0 Å². The summed E-state index contributed by atoms with van der Waals surface area (Å²) < 4.78 is 0. The summed E-state index contributed by atoms with van der Waals surface area (Å²) >= 11 is 0. The molecule has 0 saturated carbocycles. The molecule has 2 heterocycles. The molecule has 1 saturated heterocycles. The molecule has 28 heavy (non-hydrogen) atoms. The Morgan fingerprint density at radius 3 is 1.89 bits per heavy atom. The first-order valence-electron chi connectivity index (χ1n) is 9.73. The minimum absolute atomic E-state index is 0.0325. The molecule has 1 aliphatic rings. The SMILES string of the molecule is O=C(c1ccccn1)N1CCC(C(O)(c2ccccc2)c2ccccc2)CC1. The van der Waals surface area contributed by atoms with Crippen LogP contribution in [0.15, 0.2) is 85.1 Å². The van der Waals surface area contributed by atoms with Gasteiger partial charge in [0.2, 0.25) is 0 Å². The summed E-state index contributed by atoms with van der Waals surface area (Å²) in [6.45, 7) is 1.23. The van der Waals surface area contributed by atoms with Crippen molar-refractivity contribution in [1.29, 1.82) is 0 Å². The van der Waals surface area contributed by atoms with Crippen LogP contribution in [-0.4, -0.2) is 34.0 Å².